The predicted octanol–water partition coefficient (Wildman–Crippen LogP) is 2.38. The summed E-state index contributed by atoms with van der Waals surface area (Å²) in [6, 6.07) is 3.01. The first-order valence-electron chi connectivity index (χ1n) is 4.43. The second kappa shape index (κ2) is 6.09. The van der Waals surface area contributed by atoms with Crippen molar-refractivity contribution in [1.82, 2.24) is 5.32 Å². The summed E-state index contributed by atoms with van der Waals surface area (Å²) in [6.07, 6.45) is 8.88. The minimum absolute atomic E-state index is 0.500. The van der Waals surface area contributed by atoms with Gasteiger partial charge in [0.15, 0.2) is 0 Å². The van der Waals surface area contributed by atoms with E-state index in [0.717, 1.165) is 0 Å². The van der Waals surface area contributed by atoms with Crippen LogP contribution in [0.5, 0.6) is 0 Å². The fourth-order valence-corrected chi connectivity index (χ4v) is 1.10. The molecule has 1 heteroatoms. The minimum Gasteiger partial charge on any atom is -0.343 e. The van der Waals surface area contributed by atoms with Crippen LogP contribution < -0.4 is 5.32 Å². The maximum atomic E-state index is 5.18. The maximum Gasteiger partial charge on any atom is 0.0363 e. The number of nitrogens with one attached hydrogen (secondary N) is 1. The Kier molecular flexibility index (Phi) is 5.74. The van der Waals surface area contributed by atoms with Gasteiger partial charge in [-0.25, -0.2) is 0 Å². The molecule has 0 amide bonds. The third-order valence-electron chi connectivity index (χ3n) is 1.94. The van der Waals surface area contributed by atoms with Gasteiger partial charge in [-0.1, -0.05) is 40.0 Å². The summed E-state index contributed by atoms with van der Waals surface area (Å²) < 4.78 is 0. The lowest BCUT2D eigenvalue weighted by Gasteiger charge is -2.19. The van der Waals surface area contributed by atoms with Gasteiger partial charge in [0.2, 0.25) is 0 Å². The van der Waals surface area contributed by atoms with E-state index in [9.17, 15) is 0 Å². The molecule has 0 bridgehead atoms. The zero-order chi connectivity index (χ0) is 8.69. The number of hydrogen-bond donors (Lipinski definition) is 1. The number of unbranched alkanes of at least 4 members (excludes halogenated alkanes) is 1. The topological polar surface area (TPSA) is 12.0 Å². The van der Waals surface area contributed by atoms with Crippen LogP contribution in [-0.2, 0) is 0 Å². The highest BCUT2D eigenvalue weighted by Gasteiger charge is 2.09. The van der Waals surface area contributed by atoms with Crippen molar-refractivity contribution in [2.24, 2.45) is 5.92 Å². The van der Waals surface area contributed by atoms with Crippen molar-refractivity contribution in [1.29, 1.82) is 0 Å². The lowest BCUT2D eigenvalue weighted by molar-refractivity contribution is 0.410. The number of terminal acetylenes is 1. The van der Waals surface area contributed by atoms with Crippen molar-refractivity contribution in [2.45, 2.75) is 46.1 Å². The molecule has 1 atom stereocenters. The van der Waals surface area contributed by atoms with Crippen LogP contribution in [-0.4, -0.2) is 6.04 Å². The van der Waals surface area contributed by atoms with Crippen molar-refractivity contribution in [3.63, 3.8) is 0 Å². The lowest BCUT2D eigenvalue weighted by atomic mass is 9.99. The maximum absolute atomic E-state index is 5.18. The van der Waals surface area contributed by atoms with Gasteiger partial charge in [0.25, 0.3) is 0 Å². The van der Waals surface area contributed by atoms with Crippen molar-refractivity contribution in [3.05, 3.63) is 0 Å². The Hall–Kier alpha value is -0.640. The van der Waals surface area contributed by atoms with E-state index < -0.39 is 0 Å². The van der Waals surface area contributed by atoms with Crippen molar-refractivity contribution in [2.75, 3.05) is 0 Å². The highest BCUT2D eigenvalue weighted by Crippen LogP contribution is 2.09. The standard InChI is InChI=1S/C10H19N/c1-5-7-8-10(9(3)4)11-6-2/h2,9-11H,5,7-8H2,1,3-4H3. The Labute approximate surface area is 70.6 Å². The van der Waals surface area contributed by atoms with Crippen molar-refractivity contribution >= 4 is 0 Å². The summed E-state index contributed by atoms with van der Waals surface area (Å²) in [7, 11) is 0. The average Bonchev–Trinajstić information content (AvgIpc) is 1.97. The molecule has 0 aliphatic carbocycles. The van der Waals surface area contributed by atoms with Crippen molar-refractivity contribution in [3.8, 4) is 12.5 Å². The molecule has 64 valence electrons. The Morgan fingerprint density at radius 2 is 2.09 bits per heavy atom. The van der Waals surface area contributed by atoms with Crippen LogP contribution in [0.2, 0.25) is 0 Å². The van der Waals surface area contributed by atoms with Crippen LogP contribution in [0.25, 0.3) is 0 Å². The molecule has 0 aliphatic heterocycles. The molecule has 0 aromatic carbocycles. The Balaban J connectivity index is 3.62. The Morgan fingerprint density at radius 3 is 2.45 bits per heavy atom. The molecule has 0 rings (SSSR count). The van der Waals surface area contributed by atoms with Gasteiger partial charge in [0.1, 0.15) is 0 Å². The molecular weight excluding hydrogens is 134 g/mol. The van der Waals surface area contributed by atoms with E-state index in [0.29, 0.717) is 12.0 Å². The molecule has 0 saturated heterocycles. The predicted molar refractivity (Wildman–Crippen MR) is 50.1 cm³/mol. The smallest absolute Gasteiger partial charge is 0.0363 e. The lowest BCUT2D eigenvalue weighted by Crippen LogP contribution is -2.29. The van der Waals surface area contributed by atoms with E-state index in [1.165, 1.54) is 19.3 Å². The first-order chi connectivity index (χ1) is 5.22. The summed E-state index contributed by atoms with van der Waals surface area (Å²) in [4.78, 5) is 0. The fraction of sp³-hybridized carbons (Fsp3) is 0.800. The normalized spacial score (nSPS) is 12.6. The van der Waals surface area contributed by atoms with Crippen LogP contribution in [0.4, 0.5) is 0 Å². The molecule has 1 nitrogen and oxygen atoms in total. The van der Waals surface area contributed by atoms with Crippen LogP contribution in [0.1, 0.15) is 40.0 Å². The third-order valence-corrected chi connectivity index (χ3v) is 1.94. The Morgan fingerprint density at radius 1 is 1.45 bits per heavy atom. The monoisotopic (exact) mass is 153 g/mol. The van der Waals surface area contributed by atoms with Crippen LogP contribution >= 0.6 is 0 Å². The summed E-state index contributed by atoms with van der Waals surface area (Å²) in [5.74, 6) is 0.637. The molecule has 1 unspecified atom stereocenters. The Bertz CT molecular complexity index is 121. The van der Waals surface area contributed by atoms with Crippen molar-refractivity contribution < 1.29 is 0 Å². The minimum atomic E-state index is 0.500. The molecule has 0 spiro atoms. The van der Waals surface area contributed by atoms with E-state index in [1.807, 2.05) is 0 Å². The van der Waals surface area contributed by atoms with E-state index in [2.05, 4.69) is 32.1 Å². The zero-order valence-electron chi connectivity index (χ0n) is 7.85. The quantitative estimate of drug-likeness (QED) is 0.472. The summed E-state index contributed by atoms with van der Waals surface area (Å²) in [5, 5.41) is 3.04. The molecular formula is C10H19N. The average molecular weight is 153 g/mol. The first kappa shape index (κ1) is 10.4. The molecule has 1 N–H and O–H groups in total. The van der Waals surface area contributed by atoms with E-state index in [1.54, 1.807) is 0 Å². The SMILES string of the molecule is C#CNC(CCCC)C(C)C. The van der Waals surface area contributed by atoms with Gasteiger partial charge in [-0.15, -0.1) is 0 Å². The van der Waals surface area contributed by atoms with Gasteiger partial charge in [-0.3, -0.25) is 0 Å². The van der Waals surface area contributed by atoms with E-state index >= 15 is 0 Å². The largest absolute Gasteiger partial charge is 0.343 e. The highest BCUT2D eigenvalue weighted by molar-refractivity contribution is 4.86. The highest BCUT2D eigenvalue weighted by atomic mass is 14.9. The number of hydrogen-bond acceptors (Lipinski definition) is 1. The molecule has 0 radical (unpaired) electrons. The van der Waals surface area contributed by atoms with E-state index in [4.69, 9.17) is 6.42 Å². The molecule has 0 heterocycles. The second-order valence-corrected chi connectivity index (χ2v) is 3.28. The van der Waals surface area contributed by atoms with Gasteiger partial charge < -0.3 is 5.32 Å². The van der Waals surface area contributed by atoms with Gasteiger partial charge >= 0.3 is 0 Å². The molecule has 0 aromatic rings. The van der Waals surface area contributed by atoms with Crippen LogP contribution in [0, 0.1) is 18.4 Å². The third kappa shape index (κ3) is 4.72. The first-order valence-corrected chi connectivity index (χ1v) is 4.43. The fourth-order valence-electron chi connectivity index (χ4n) is 1.10. The molecule has 0 aliphatic rings. The molecule has 0 fully saturated rings. The van der Waals surface area contributed by atoms with Gasteiger partial charge in [-0.05, 0) is 12.3 Å². The summed E-state index contributed by atoms with van der Waals surface area (Å²) >= 11 is 0. The molecule has 0 aromatic heterocycles. The molecule has 11 heavy (non-hydrogen) atoms. The number of rotatable bonds is 5. The zero-order valence-corrected chi connectivity index (χ0v) is 7.85. The van der Waals surface area contributed by atoms with E-state index in [-0.39, 0.29) is 0 Å². The van der Waals surface area contributed by atoms with Crippen LogP contribution in [0.3, 0.4) is 0 Å². The van der Waals surface area contributed by atoms with Gasteiger partial charge in [-0.2, -0.15) is 0 Å². The second-order valence-electron chi connectivity index (χ2n) is 3.28. The summed E-state index contributed by atoms with van der Waals surface area (Å²) in [6.45, 7) is 6.60. The van der Waals surface area contributed by atoms with Gasteiger partial charge in [0, 0.05) is 12.1 Å². The van der Waals surface area contributed by atoms with Crippen LogP contribution in [0.15, 0.2) is 0 Å². The van der Waals surface area contributed by atoms with Gasteiger partial charge in [0.05, 0.1) is 0 Å². The molecule has 0 saturated carbocycles. The summed E-state index contributed by atoms with van der Waals surface area (Å²) in [5.41, 5.74) is 0.